The zero-order valence-corrected chi connectivity index (χ0v) is 16.5. The van der Waals surface area contributed by atoms with E-state index >= 15 is 0 Å². The van der Waals surface area contributed by atoms with Crippen LogP contribution in [0.2, 0.25) is 0 Å². The maximum Gasteiger partial charge on any atom is 0.414 e. The summed E-state index contributed by atoms with van der Waals surface area (Å²) in [7, 11) is 0. The van der Waals surface area contributed by atoms with E-state index in [2.05, 4.69) is 10.3 Å². The van der Waals surface area contributed by atoms with Gasteiger partial charge in [-0.2, -0.15) is 0 Å². The Morgan fingerprint density at radius 1 is 1.07 bits per heavy atom. The van der Waals surface area contributed by atoms with Gasteiger partial charge in [0, 0.05) is 6.42 Å². The van der Waals surface area contributed by atoms with Crippen LogP contribution < -0.4 is 10.1 Å². The number of carbonyl (C=O) groups is 2. The van der Waals surface area contributed by atoms with Crippen molar-refractivity contribution in [3.05, 3.63) is 71.1 Å². The SMILES string of the molecule is O=C1NC(=O)C(Cc2ccc(OCc3ccc4oc(-c5cccs5)nc4c3)cc2)O1. The predicted molar refractivity (Wildman–Crippen MR) is 110 cm³/mol. The van der Waals surface area contributed by atoms with Crippen molar-refractivity contribution < 1.29 is 23.5 Å². The Morgan fingerprint density at radius 2 is 1.90 bits per heavy atom. The number of benzene rings is 2. The molecule has 0 spiro atoms. The lowest BCUT2D eigenvalue weighted by molar-refractivity contribution is -0.123. The summed E-state index contributed by atoms with van der Waals surface area (Å²) in [4.78, 5) is 28.2. The Balaban J connectivity index is 1.23. The maximum absolute atomic E-state index is 11.6. The fraction of sp³-hybridized carbons (Fsp3) is 0.136. The third kappa shape index (κ3) is 3.77. The second-order valence-electron chi connectivity index (χ2n) is 6.82. The molecule has 5 rings (SSSR count). The van der Waals surface area contributed by atoms with Crippen LogP contribution in [0.25, 0.3) is 21.9 Å². The number of fused-ring (bicyclic) bond motifs is 1. The highest BCUT2D eigenvalue weighted by Crippen LogP contribution is 2.28. The molecule has 30 heavy (non-hydrogen) atoms. The van der Waals surface area contributed by atoms with Gasteiger partial charge in [0.25, 0.3) is 5.91 Å². The van der Waals surface area contributed by atoms with Crippen molar-refractivity contribution in [3.63, 3.8) is 0 Å². The highest BCUT2D eigenvalue weighted by atomic mass is 32.1. The largest absolute Gasteiger partial charge is 0.489 e. The second-order valence-corrected chi connectivity index (χ2v) is 7.77. The number of hydrogen-bond acceptors (Lipinski definition) is 7. The standard InChI is InChI=1S/C22H16N2O5S/c25-20-18(29-22(26)24-20)11-13-3-6-15(7-4-13)27-12-14-5-8-17-16(10-14)23-21(28-17)19-2-1-9-30-19/h1-10,18H,11-12H2,(H,24,25,26). The van der Waals surface area contributed by atoms with Crippen LogP contribution in [0.15, 0.2) is 64.4 Å². The summed E-state index contributed by atoms with van der Waals surface area (Å²) < 4.78 is 16.6. The number of imide groups is 1. The van der Waals surface area contributed by atoms with Gasteiger partial charge in [0.05, 0.1) is 4.88 Å². The number of oxazole rings is 1. The summed E-state index contributed by atoms with van der Waals surface area (Å²) in [6, 6.07) is 17.1. The van der Waals surface area contributed by atoms with E-state index in [1.165, 1.54) is 0 Å². The number of cyclic esters (lactones) is 1. The quantitative estimate of drug-likeness (QED) is 0.500. The molecule has 2 aromatic heterocycles. The Bertz CT molecular complexity index is 1210. The van der Waals surface area contributed by atoms with Crippen molar-refractivity contribution in [1.29, 1.82) is 0 Å². The smallest absolute Gasteiger partial charge is 0.414 e. The van der Waals surface area contributed by atoms with Gasteiger partial charge >= 0.3 is 6.09 Å². The van der Waals surface area contributed by atoms with Gasteiger partial charge in [0.2, 0.25) is 5.89 Å². The lowest BCUT2D eigenvalue weighted by Crippen LogP contribution is -2.25. The van der Waals surface area contributed by atoms with Crippen LogP contribution in [-0.2, 0) is 22.6 Å². The molecule has 1 fully saturated rings. The van der Waals surface area contributed by atoms with Gasteiger partial charge in [-0.1, -0.05) is 24.3 Å². The van der Waals surface area contributed by atoms with Crippen LogP contribution in [0, 0.1) is 0 Å². The molecule has 0 radical (unpaired) electrons. The number of nitrogens with one attached hydrogen (secondary N) is 1. The molecule has 1 unspecified atom stereocenters. The highest BCUT2D eigenvalue weighted by molar-refractivity contribution is 7.13. The minimum Gasteiger partial charge on any atom is -0.489 e. The monoisotopic (exact) mass is 420 g/mol. The summed E-state index contributed by atoms with van der Waals surface area (Å²) in [5.74, 6) is 0.909. The number of rotatable bonds is 6. The molecule has 2 amide bonds. The molecule has 0 saturated carbocycles. The van der Waals surface area contributed by atoms with Crippen LogP contribution in [0.1, 0.15) is 11.1 Å². The molecule has 3 heterocycles. The van der Waals surface area contributed by atoms with Crippen LogP contribution in [0.4, 0.5) is 4.79 Å². The lowest BCUT2D eigenvalue weighted by Gasteiger charge is -2.09. The summed E-state index contributed by atoms with van der Waals surface area (Å²) in [5, 5.41) is 4.11. The number of hydrogen-bond donors (Lipinski definition) is 1. The summed E-state index contributed by atoms with van der Waals surface area (Å²) in [6.07, 6.45) is -1.15. The average molecular weight is 420 g/mol. The molecule has 1 atom stereocenters. The highest BCUT2D eigenvalue weighted by Gasteiger charge is 2.31. The van der Waals surface area contributed by atoms with Gasteiger partial charge in [-0.25, -0.2) is 9.78 Å². The average Bonchev–Trinajstić information content (AvgIpc) is 3.47. The first-order chi connectivity index (χ1) is 14.6. The van der Waals surface area contributed by atoms with Gasteiger partial charge in [-0.3, -0.25) is 10.1 Å². The number of alkyl carbamates (subject to hydrolysis) is 1. The van der Waals surface area contributed by atoms with E-state index < -0.39 is 18.1 Å². The first kappa shape index (κ1) is 18.4. The van der Waals surface area contributed by atoms with Crippen LogP contribution >= 0.6 is 11.3 Å². The molecule has 1 aliphatic heterocycles. The van der Waals surface area contributed by atoms with Gasteiger partial charge in [-0.15, -0.1) is 11.3 Å². The minimum absolute atomic E-state index is 0.327. The Kier molecular flexibility index (Phi) is 4.68. The summed E-state index contributed by atoms with van der Waals surface area (Å²) in [5.41, 5.74) is 3.39. The molecule has 2 aromatic carbocycles. The molecular formula is C22H16N2O5S. The number of aromatic nitrogens is 1. The fourth-order valence-electron chi connectivity index (χ4n) is 3.20. The molecule has 7 nitrogen and oxygen atoms in total. The van der Waals surface area contributed by atoms with Crippen molar-refractivity contribution in [2.75, 3.05) is 0 Å². The number of carbonyl (C=O) groups excluding carboxylic acids is 2. The van der Waals surface area contributed by atoms with Crippen molar-refractivity contribution >= 4 is 34.4 Å². The number of thiophene rings is 1. The molecular weight excluding hydrogens is 404 g/mol. The number of nitrogens with zero attached hydrogens (tertiary/aromatic N) is 1. The lowest BCUT2D eigenvalue weighted by atomic mass is 10.1. The van der Waals surface area contributed by atoms with E-state index in [1.807, 2.05) is 60.0 Å². The van der Waals surface area contributed by atoms with Crippen LogP contribution in [-0.4, -0.2) is 23.1 Å². The number of amides is 2. The van der Waals surface area contributed by atoms with Crippen molar-refractivity contribution in [1.82, 2.24) is 10.3 Å². The van der Waals surface area contributed by atoms with E-state index in [-0.39, 0.29) is 0 Å². The molecule has 1 aliphatic rings. The molecule has 0 bridgehead atoms. The van der Waals surface area contributed by atoms with E-state index in [9.17, 15) is 9.59 Å². The minimum atomic E-state index is -0.780. The third-order valence-corrected chi connectivity index (χ3v) is 5.56. The molecule has 4 aromatic rings. The third-order valence-electron chi connectivity index (χ3n) is 4.70. The van der Waals surface area contributed by atoms with Crippen molar-refractivity contribution in [2.45, 2.75) is 19.1 Å². The van der Waals surface area contributed by atoms with Crippen molar-refractivity contribution in [3.8, 4) is 16.5 Å². The molecule has 1 saturated heterocycles. The second kappa shape index (κ2) is 7.64. The summed E-state index contributed by atoms with van der Waals surface area (Å²) in [6.45, 7) is 0.388. The predicted octanol–water partition coefficient (Wildman–Crippen LogP) is 4.31. The first-order valence-corrected chi connectivity index (χ1v) is 10.2. The zero-order chi connectivity index (χ0) is 20.5. The zero-order valence-electron chi connectivity index (χ0n) is 15.7. The molecule has 0 aliphatic carbocycles. The van der Waals surface area contributed by atoms with Gasteiger partial charge in [0.1, 0.15) is 17.9 Å². The van der Waals surface area contributed by atoms with E-state index in [1.54, 1.807) is 11.3 Å². The van der Waals surface area contributed by atoms with E-state index in [4.69, 9.17) is 13.9 Å². The van der Waals surface area contributed by atoms with E-state index in [0.29, 0.717) is 24.7 Å². The Hall–Kier alpha value is -3.65. The topological polar surface area (TPSA) is 90.7 Å². The van der Waals surface area contributed by atoms with Crippen LogP contribution in [0.5, 0.6) is 5.75 Å². The van der Waals surface area contributed by atoms with Gasteiger partial charge in [0.15, 0.2) is 11.7 Å². The van der Waals surface area contributed by atoms with E-state index in [0.717, 1.165) is 27.1 Å². The molecule has 1 N–H and O–H groups in total. The first-order valence-electron chi connectivity index (χ1n) is 9.30. The number of ether oxygens (including phenoxy) is 2. The summed E-state index contributed by atoms with van der Waals surface area (Å²) >= 11 is 1.59. The van der Waals surface area contributed by atoms with Gasteiger partial charge in [-0.05, 0) is 46.8 Å². The van der Waals surface area contributed by atoms with Gasteiger partial charge < -0.3 is 13.9 Å². The van der Waals surface area contributed by atoms with Crippen molar-refractivity contribution in [2.24, 2.45) is 0 Å². The fourth-order valence-corrected chi connectivity index (χ4v) is 3.85. The normalized spacial score (nSPS) is 15.9. The Labute approximate surface area is 175 Å². The molecule has 8 heteroatoms. The van der Waals surface area contributed by atoms with Crippen LogP contribution in [0.3, 0.4) is 0 Å². The molecule has 150 valence electrons. The maximum atomic E-state index is 11.6. The Morgan fingerprint density at radius 3 is 2.63 bits per heavy atom.